The minimum Gasteiger partial charge on any atom is -0.382 e. The van der Waals surface area contributed by atoms with E-state index >= 15 is 0 Å². The average Bonchev–Trinajstić information content (AvgIpc) is 2.38. The zero-order valence-electron chi connectivity index (χ0n) is 12.7. The van der Waals surface area contributed by atoms with Gasteiger partial charge >= 0.3 is 0 Å². The Bertz CT molecular complexity index is 444. The van der Waals surface area contributed by atoms with E-state index in [1.807, 2.05) is 0 Å². The molecule has 0 amide bonds. The standard InChI is InChI=1S/C17H26N2O/c1-17(2)11-16(12-17)18-15-5-3-4-14(10-15)13-19-6-8-20-9-7-19/h3-5,10,16,18H,6-9,11-13H2,1-2H3. The number of rotatable bonds is 4. The molecule has 1 heterocycles. The molecule has 0 unspecified atom stereocenters. The predicted molar refractivity (Wildman–Crippen MR) is 83.0 cm³/mol. The van der Waals surface area contributed by atoms with Crippen LogP contribution < -0.4 is 5.32 Å². The lowest BCUT2D eigenvalue weighted by Crippen LogP contribution is -2.41. The van der Waals surface area contributed by atoms with Gasteiger partial charge in [-0.1, -0.05) is 26.0 Å². The van der Waals surface area contributed by atoms with Crippen LogP contribution >= 0.6 is 0 Å². The Morgan fingerprint density at radius 3 is 2.70 bits per heavy atom. The lowest BCUT2D eigenvalue weighted by atomic mass is 9.68. The van der Waals surface area contributed by atoms with Gasteiger partial charge in [-0.25, -0.2) is 0 Å². The van der Waals surface area contributed by atoms with Crippen molar-refractivity contribution in [3.8, 4) is 0 Å². The van der Waals surface area contributed by atoms with E-state index in [4.69, 9.17) is 4.74 Å². The van der Waals surface area contributed by atoms with Crippen molar-refractivity contribution in [2.75, 3.05) is 31.6 Å². The molecule has 0 spiro atoms. The summed E-state index contributed by atoms with van der Waals surface area (Å²) >= 11 is 0. The Morgan fingerprint density at radius 1 is 1.25 bits per heavy atom. The van der Waals surface area contributed by atoms with Gasteiger partial charge in [-0.3, -0.25) is 4.90 Å². The van der Waals surface area contributed by atoms with Crippen LogP contribution in [0.1, 0.15) is 32.3 Å². The summed E-state index contributed by atoms with van der Waals surface area (Å²) < 4.78 is 5.40. The maximum Gasteiger partial charge on any atom is 0.0594 e. The van der Waals surface area contributed by atoms with Gasteiger partial charge in [-0.05, 0) is 36.0 Å². The second kappa shape index (κ2) is 5.74. The maximum absolute atomic E-state index is 5.40. The Labute approximate surface area is 122 Å². The molecule has 1 saturated carbocycles. The Balaban J connectivity index is 1.55. The highest BCUT2D eigenvalue weighted by Crippen LogP contribution is 2.41. The number of hydrogen-bond donors (Lipinski definition) is 1. The highest BCUT2D eigenvalue weighted by molar-refractivity contribution is 5.47. The molecule has 2 aliphatic rings. The maximum atomic E-state index is 5.40. The quantitative estimate of drug-likeness (QED) is 0.913. The van der Waals surface area contributed by atoms with E-state index in [9.17, 15) is 0 Å². The summed E-state index contributed by atoms with van der Waals surface area (Å²) in [5.74, 6) is 0. The first-order chi connectivity index (χ1) is 9.61. The van der Waals surface area contributed by atoms with Crippen LogP contribution in [0.25, 0.3) is 0 Å². The first-order valence-corrected chi connectivity index (χ1v) is 7.76. The molecule has 3 heteroatoms. The number of nitrogens with one attached hydrogen (secondary N) is 1. The fourth-order valence-corrected chi connectivity index (χ4v) is 3.39. The van der Waals surface area contributed by atoms with Gasteiger partial charge in [0.25, 0.3) is 0 Å². The van der Waals surface area contributed by atoms with Crippen LogP contribution in [0, 0.1) is 5.41 Å². The molecule has 3 nitrogen and oxygen atoms in total. The molecule has 2 fully saturated rings. The number of ether oxygens (including phenoxy) is 1. The average molecular weight is 274 g/mol. The molecule has 20 heavy (non-hydrogen) atoms. The van der Waals surface area contributed by atoms with Crippen LogP contribution in [0.3, 0.4) is 0 Å². The molecule has 0 bridgehead atoms. The van der Waals surface area contributed by atoms with Crippen LogP contribution in [0.5, 0.6) is 0 Å². The van der Waals surface area contributed by atoms with Crippen LogP contribution in [0.2, 0.25) is 0 Å². The molecule has 1 saturated heterocycles. The van der Waals surface area contributed by atoms with Crippen LogP contribution in [0.4, 0.5) is 5.69 Å². The summed E-state index contributed by atoms with van der Waals surface area (Å²) in [6.45, 7) is 9.57. The molecule has 0 atom stereocenters. The van der Waals surface area contributed by atoms with Gasteiger partial charge in [-0.2, -0.15) is 0 Å². The monoisotopic (exact) mass is 274 g/mol. The van der Waals surface area contributed by atoms with Crippen molar-refractivity contribution >= 4 is 5.69 Å². The molecule has 0 aromatic heterocycles. The summed E-state index contributed by atoms with van der Waals surface area (Å²) in [6.07, 6.45) is 2.56. The van der Waals surface area contributed by atoms with Gasteiger partial charge in [0.1, 0.15) is 0 Å². The van der Waals surface area contributed by atoms with Crippen LogP contribution in [-0.4, -0.2) is 37.2 Å². The SMILES string of the molecule is CC1(C)CC(Nc2cccc(CN3CCOCC3)c2)C1. The molecular formula is C17H26N2O. The number of morpholine rings is 1. The highest BCUT2D eigenvalue weighted by atomic mass is 16.5. The molecule has 110 valence electrons. The third kappa shape index (κ3) is 3.53. The summed E-state index contributed by atoms with van der Waals surface area (Å²) in [7, 11) is 0. The molecular weight excluding hydrogens is 248 g/mol. The highest BCUT2D eigenvalue weighted by Gasteiger charge is 2.35. The van der Waals surface area contributed by atoms with E-state index in [0.29, 0.717) is 11.5 Å². The number of benzene rings is 1. The normalized spacial score (nSPS) is 23.3. The largest absolute Gasteiger partial charge is 0.382 e. The third-order valence-corrected chi connectivity index (χ3v) is 4.41. The van der Waals surface area contributed by atoms with Gasteiger partial charge in [0, 0.05) is 31.4 Å². The number of hydrogen-bond acceptors (Lipinski definition) is 3. The zero-order valence-corrected chi connectivity index (χ0v) is 12.7. The van der Waals surface area contributed by atoms with Crippen molar-refractivity contribution < 1.29 is 4.74 Å². The minimum absolute atomic E-state index is 0.531. The van der Waals surface area contributed by atoms with Gasteiger partial charge in [0.2, 0.25) is 0 Å². The van der Waals surface area contributed by atoms with E-state index in [-0.39, 0.29) is 0 Å². The summed E-state index contributed by atoms with van der Waals surface area (Å²) in [5.41, 5.74) is 3.20. The van der Waals surface area contributed by atoms with Gasteiger partial charge in [-0.15, -0.1) is 0 Å². The van der Waals surface area contributed by atoms with E-state index in [1.54, 1.807) is 0 Å². The van der Waals surface area contributed by atoms with Crippen LogP contribution in [0.15, 0.2) is 24.3 Å². The smallest absolute Gasteiger partial charge is 0.0594 e. The first-order valence-electron chi connectivity index (χ1n) is 7.76. The van der Waals surface area contributed by atoms with Crippen molar-refractivity contribution in [3.05, 3.63) is 29.8 Å². The molecule has 1 aromatic carbocycles. The Kier molecular flexibility index (Phi) is 3.99. The zero-order chi connectivity index (χ0) is 14.0. The fraction of sp³-hybridized carbons (Fsp3) is 0.647. The van der Waals surface area contributed by atoms with E-state index < -0.39 is 0 Å². The summed E-state index contributed by atoms with van der Waals surface area (Å²) in [5, 5.41) is 3.67. The lowest BCUT2D eigenvalue weighted by Gasteiger charge is -2.43. The molecule has 1 aliphatic carbocycles. The number of nitrogens with zero attached hydrogens (tertiary/aromatic N) is 1. The molecule has 1 aliphatic heterocycles. The van der Waals surface area contributed by atoms with Crippen molar-refractivity contribution in [1.29, 1.82) is 0 Å². The fourth-order valence-electron chi connectivity index (χ4n) is 3.39. The second-order valence-electron chi connectivity index (χ2n) is 7.00. The van der Waals surface area contributed by atoms with Gasteiger partial charge < -0.3 is 10.1 Å². The summed E-state index contributed by atoms with van der Waals surface area (Å²) in [4.78, 5) is 2.47. The first kappa shape index (κ1) is 13.9. The molecule has 1 N–H and O–H groups in total. The summed E-state index contributed by atoms with van der Waals surface area (Å²) in [6, 6.07) is 9.55. The number of anilines is 1. The van der Waals surface area contributed by atoms with Crippen LogP contribution in [-0.2, 0) is 11.3 Å². The van der Waals surface area contributed by atoms with E-state index in [1.165, 1.54) is 24.1 Å². The van der Waals surface area contributed by atoms with Crippen molar-refractivity contribution in [3.63, 3.8) is 0 Å². The van der Waals surface area contributed by atoms with E-state index in [0.717, 1.165) is 32.8 Å². The Morgan fingerprint density at radius 2 is 2.00 bits per heavy atom. The third-order valence-electron chi connectivity index (χ3n) is 4.41. The molecule has 1 aromatic rings. The van der Waals surface area contributed by atoms with Crippen molar-refractivity contribution in [2.45, 2.75) is 39.3 Å². The molecule has 3 rings (SSSR count). The molecule has 0 radical (unpaired) electrons. The van der Waals surface area contributed by atoms with Crippen molar-refractivity contribution in [2.24, 2.45) is 5.41 Å². The second-order valence-corrected chi connectivity index (χ2v) is 7.00. The predicted octanol–water partition coefficient (Wildman–Crippen LogP) is 3.12. The lowest BCUT2D eigenvalue weighted by molar-refractivity contribution is 0.0342. The van der Waals surface area contributed by atoms with E-state index in [2.05, 4.69) is 48.3 Å². The van der Waals surface area contributed by atoms with Crippen molar-refractivity contribution in [1.82, 2.24) is 4.90 Å². The van der Waals surface area contributed by atoms with Gasteiger partial charge in [0.15, 0.2) is 0 Å². The Hall–Kier alpha value is -1.06. The minimum atomic E-state index is 0.531. The topological polar surface area (TPSA) is 24.5 Å². The van der Waals surface area contributed by atoms with Gasteiger partial charge in [0.05, 0.1) is 13.2 Å².